The van der Waals surface area contributed by atoms with Crippen molar-refractivity contribution in [3.05, 3.63) is 88.4 Å². The van der Waals surface area contributed by atoms with Gasteiger partial charge in [0.2, 0.25) is 19.9 Å². The topological polar surface area (TPSA) is 80.3 Å². The third-order valence-electron chi connectivity index (χ3n) is 4.71. The highest BCUT2D eigenvalue weighted by Gasteiger charge is 2.23. The molecule has 8 heteroatoms. The molecule has 0 aliphatic carbocycles. The Bertz CT molecular complexity index is 1250. The third kappa shape index (κ3) is 5.10. The fourth-order valence-electron chi connectivity index (χ4n) is 2.95. The molecule has 0 saturated heterocycles. The van der Waals surface area contributed by atoms with E-state index in [1.807, 2.05) is 31.2 Å². The molecule has 0 aliphatic rings. The molecule has 0 saturated carbocycles. The summed E-state index contributed by atoms with van der Waals surface area (Å²) in [4.78, 5) is -0.0952. The first-order valence-electron chi connectivity index (χ1n) is 9.26. The monoisotopic (exact) mass is 463 g/mol. The lowest BCUT2D eigenvalue weighted by Crippen LogP contribution is -2.27. The predicted octanol–water partition coefficient (Wildman–Crippen LogP) is 4.31. The highest BCUT2D eigenvalue weighted by Crippen LogP contribution is 2.26. The third-order valence-corrected chi connectivity index (χ3v) is 8.33. The van der Waals surface area contributed by atoms with Gasteiger partial charge < -0.3 is 0 Å². The summed E-state index contributed by atoms with van der Waals surface area (Å²) in [5.74, 6) is 0. The van der Waals surface area contributed by atoms with Crippen LogP contribution in [0.2, 0.25) is 5.02 Å². The van der Waals surface area contributed by atoms with Crippen LogP contribution in [0.25, 0.3) is 0 Å². The van der Waals surface area contributed by atoms with Crippen molar-refractivity contribution in [3.63, 3.8) is 0 Å². The number of sulfone groups is 1. The van der Waals surface area contributed by atoms with Crippen molar-refractivity contribution in [1.82, 2.24) is 4.72 Å². The first-order valence-corrected chi connectivity index (χ1v) is 12.6. The van der Waals surface area contributed by atoms with Gasteiger partial charge >= 0.3 is 0 Å². The molecule has 0 aromatic heterocycles. The van der Waals surface area contributed by atoms with E-state index in [0.29, 0.717) is 17.0 Å². The van der Waals surface area contributed by atoms with E-state index in [1.165, 1.54) is 42.5 Å². The van der Waals surface area contributed by atoms with Crippen LogP contribution in [-0.4, -0.2) is 23.4 Å². The number of rotatable bonds is 7. The summed E-state index contributed by atoms with van der Waals surface area (Å²) in [6.45, 7) is 3.83. The van der Waals surface area contributed by atoms with Crippen LogP contribution in [-0.2, 0) is 26.3 Å². The van der Waals surface area contributed by atoms with E-state index in [0.717, 1.165) is 11.1 Å². The molecule has 0 unspecified atom stereocenters. The second-order valence-corrected chi connectivity index (χ2v) is 11.1. The van der Waals surface area contributed by atoms with Gasteiger partial charge in [0.25, 0.3) is 0 Å². The molecule has 3 aromatic rings. The smallest absolute Gasteiger partial charge is 0.219 e. The molecule has 5 nitrogen and oxygen atoms in total. The zero-order valence-corrected chi connectivity index (χ0v) is 19.0. The lowest BCUT2D eigenvalue weighted by molar-refractivity contribution is 0.580. The van der Waals surface area contributed by atoms with E-state index in [1.54, 1.807) is 6.92 Å². The van der Waals surface area contributed by atoms with Gasteiger partial charge in [0.1, 0.15) is 0 Å². The highest BCUT2D eigenvalue weighted by atomic mass is 35.5. The van der Waals surface area contributed by atoms with Gasteiger partial charge in [0.05, 0.1) is 14.7 Å². The average molecular weight is 464 g/mol. The summed E-state index contributed by atoms with van der Waals surface area (Å²) in [5, 5.41) is 0.416. The molecule has 3 aromatic carbocycles. The minimum absolute atomic E-state index is 0.0476. The van der Waals surface area contributed by atoms with Crippen molar-refractivity contribution in [3.8, 4) is 0 Å². The second-order valence-electron chi connectivity index (χ2n) is 7.02. The minimum Gasteiger partial charge on any atom is -0.219 e. The Balaban J connectivity index is 1.84. The quantitative estimate of drug-likeness (QED) is 0.566. The summed E-state index contributed by atoms with van der Waals surface area (Å²) in [7, 11) is -7.75. The fraction of sp³-hybridized carbons (Fsp3) is 0.182. The Hall–Kier alpha value is -2.19. The standard InChI is InChI=1S/C22H22ClNO4S2/c1-16-3-6-18(7-4-16)13-14-24-30(27,28)22-15-21(10-5-17(22)2)29(25,26)20-11-8-19(23)9-12-20/h3-12,15,24H,13-14H2,1-2H3. The molecule has 0 heterocycles. The van der Waals surface area contributed by atoms with Crippen LogP contribution in [0.5, 0.6) is 0 Å². The van der Waals surface area contributed by atoms with Crippen molar-refractivity contribution in [2.75, 3.05) is 6.54 Å². The fourth-order valence-corrected chi connectivity index (χ4v) is 5.74. The number of hydrogen-bond acceptors (Lipinski definition) is 4. The second kappa shape index (κ2) is 8.89. The maximum absolute atomic E-state index is 12.9. The molecule has 3 rings (SSSR count). The van der Waals surface area contributed by atoms with Crippen molar-refractivity contribution in [1.29, 1.82) is 0 Å². The van der Waals surface area contributed by atoms with E-state index < -0.39 is 19.9 Å². The molecule has 0 radical (unpaired) electrons. The van der Waals surface area contributed by atoms with Crippen LogP contribution in [0.3, 0.4) is 0 Å². The molecule has 0 fully saturated rings. The normalized spacial score (nSPS) is 12.1. The van der Waals surface area contributed by atoms with Crippen molar-refractivity contribution in [2.45, 2.75) is 35.0 Å². The van der Waals surface area contributed by atoms with Gasteiger partial charge in [-0.05, 0) is 67.8 Å². The number of hydrogen-bond donors (Lipinski definition) is 1. The maximum atomic E-state index is 12.9. The summed E-state index contributed by atoms with van der Waals surface area (Å²) in [6, 6.07) is 17.7. The Morgan fingerprint density at radius 2 is 1.40 bits per heavy atom. The molecule has 30 heavy (non-hydrogen) atoms. The molecule has 0 atom stereocenters. The van der Waals surface area contributed by atoms with Crippen molar-refractivity contribution in [2.24, 2.45) is 0 Å². The summed E-state index contributed by atoms with van der Waals surface area (Å²) in [5.41, 5.74) is 2.61. The molecule has 0 bridgehead atoms. The van der Waals surface area contributed by atoms with E-state index in [2.05, 4.69) is 4.72 Å². The number of benzene rings is 3. The van der Waals surface area contributed by atoms with E-state index in [4.69, 9.17) is 11.6 Å². The SMILES string of the molecule is Cc1ccc(CCNS(=O)(=O)c2cc(S(=O)(=O)c3ccc(Cl)cc3)ccc2C)cc1. The van der Waals surface area contributed by atoms with Crippen LogP contribution in [0, 0.1) is 13.8 Å². The zero-order valence-electron chi connectivity index (χ0n) is 16.6. The summed E-state index contributed by atoms with van der Waals surface area (Å²) >= 11 is 5.83. The first kappa shape index (κ1) is 22.5. The number of nitrogens with one attached hydrogen (secondary N) is 1. The summed E-state index contributed by atoms with van der Waals surface area (Å²) < 4.78 is 54.0. The number of aryl methyl sites for hydroxylation is 2. The molecular weight excluding hydrogens is 442 g/mol. The van der Waals surface area contributed by atoms with Crippen LogP contribution in [0.15, 0.2) is 81.4 Å². The lowest BCUT2D eigenvalue weighted by atomic mass is 10.1. The largest absolute Gasteiger partial charge is 0.240 e. The maximum Gasteiger partial charge on any atom is 0.240 e. The van der Waals surface area contributed by atoms with Gasteiger partial charge in [-0.3, -0.25) is 0 Å². The Labute approximate surface area is 182 Å². The minimum atomic E-state index is -3.88. The predicted molar refractivity (Wildman–Crippen MR) is 118 cm³/mol. The Morgan fingerprint density at radius 1 is 0.800 bits per heavy atom. The van der Waals surface area contributed by atoms with Crippen LogP contribution in [0.1, 0.15) is 16.7 Å². The molecule has 0 spiro atoms. The number of sulfonamides is 1. The van der Waals surface area contributed by atoms with Crippen molar-refractivity contribution >= 4 is 31.5 Å². The molecular formula is C22H22ClNO4S2. The zero-order chi connectivity index (χ0) is 21.9. The van der Waals surface area contributed by atoms with Crippen LogP contribution in [0.4, 0.5) is 0 Å². The van der Waals surface area contributed by atoms with Gasteiger partial charge in [0, 0.05) is 11.6 Å². The molecule has 0 amide bonds. The molecule has 1 N–H and O–H groups in total. The first-order chi connectivity index (χ1) is 14.1. The van der Waals surface area contributed by atoms with Crippen LogP contribution >= 0.6 is 11.6 Å². The van der Waals surface area contributed by atoms with Crippen LogP contribution < -0.4 is 4.72 Å². The van der Waals surface area contributed by atoms with Gasteiger partial charge in [-0.2, -0.15) is 0 Å². The molecule has 0 aliphatic heterocycles. The van der Waals surface area contributed by atoms with Gasteiger partial charge in [0.15, 0.2) is 0 Å². The van der Waals surface area contributed by atoms with Gasteiger partial charge in [-0.25, -0.2) is 21.6 Å². The van der Waals surface area contributed by atoms with Gasteiger partial charge in [-0.1, -0.05) is 47.5 Å². The van der Waals surface area contributed by atoms with E-state index in [-0.39, 0.29) is 21.2 Å². The van der Waals surface area contributed by atoms with E-state index in [9.17, 15) is 16.8 Å². The summed E-state index contributed by atoms with van der Waals surface area (Å²) in [6.07, 6.45) is 0.529. The number of halogens is 1. The Kier molecular flexibility index (Phi) is 6.67. The lowest BCUT2D eigenvalue weighted by Gasteiger charge is -2.12. The highest BCUT2D eigenvalue weighted by molar-refractivity contribution is 7.91. The average Bonchev–Trinajstić information content (AvgIpc) is 2.70. The van der Waals surface area contributed by atoms with E-state index >= 15 is 0 Å². The van der Waals surface area contributed by atoms with Gasteiger partial charge in [-0.15, -0.1) is 0 Å². The van der Waals surface area contributed by atoms with Crippen molar-refractivity contribution < 1.29 is 16.8 Å². The molecule has 158 valence electrons. The Morgan fingerprint density at radius 3 is 2.03 bits per heavy atom.